The average molecular weight is 299 g/mol. The minimum atomic E-state index is -0.755. The molecule has 3 aromatic carbocycles. The summed E-state index contributed by atoms with van der Waals surface area (Å²) in [4.78, 5) is 12.2. The molecule has 0 heterocycles. The van der Waals surface area contributed by atoms with Gasteiger partial charge in [0, 0.05) is 11.5 Å². The van der Waals surface area contributed by atoms with Crippen molar-refractivity contribution in [2.24, 2.45) is 0 Å². The van der Waals surface area contributed by atoms with Crippen LogP contribution in [0.15, 0.2) is 54.6 Å². The van der Waals surface area contributed by atoms with Crippen LogP contribution in [0.3, 0.4) is 0 Å². The lowest BCUT2D eigenvalue weighted by Crippen LogP contribution is -2.13. The van der Waals surface area contributed by atoms with E-state index < -0.39 is 17.5 Å². The minimum Gasteiger partial charge on any atom is -0.506 e. The molecule has 2 N–H and O–H groups in total. The molecule has 0 fully saturated rings. The number of rotatable bonds is 2. The molecule has 0 aromatic heterocycles. The second-order valence-electron chi connectivity index (χ2n) is 4.76. The van der Waals surface area contributed by atoms with Crippen LogP contribution in [0.25, 0.3) is 10.8 Å². The van der Waals surface area contributed by atoms with E-state index in [4.69, 9.17) is 0 Å². The second-order valence-corrected chi connectivity index (χ2v) is 4.76. The van der Waals surface area contributed by atoms with E-state index in [9.17, 15) is 18.7 Å². The molecular formula is C17H11F2NO2. The van der Waals surface area contributed by atoms with Gasteiger partial charge in [-0.25, -0.2) is 8.78 Å². The lowest BCUT2D eigenvalue weighted by molar-refractivity contribution is 0.102. The molecule has 5 heteroatoms. The number of carbonyl (C=O) groups is 1. The second kappa shape index (κ2) is 5.44. The number of amides is 1. The molecule has 3 aromatic rings. The Hall–Kier alpha value is -2.95. The standard InChI is InChI=1S/C17H11F2NO2/c18-11-6-8-14(19)15(9-11)20-17(22)13-7-5-10-3-1-2-4-12(10)16(13)21/h1-9,21H,(H,20,22). The number of phenols is 1. The molecule has 0 saturated carbocycles. The van der Waals surface area contributed by atoms with Crippen LogP contribution < -0.4 is 5.32 Å². The van der Waals surface area contributed by atoms with Crippen molar-refractivity contribution in [1.82, 2.24) is 0 Å². The number of benzene rings is 3. The fourth-order valence-corrected chi connectivity index (χ4v) is 2.22. The zero-order valence-corrected chi connectivity index (χ0v) is 11.3. The van der Waals surface area contributed by atoms with Crippen LogP contribution >= 0.6 is 0 Å². The average Bonchev–Trinajstić information content (AvgIpc) is 2.51. The van der Waals surface area contributed by atoms with Crippen molar-refractivity contribution in [3.05, 3.63) is 71.8 Å². The summed E-state index contributed by atoms with van der Waals surface area (Å²) in [6.45, 7) is 0. The van der Waals surface area contributed by atoms with Crippen molar-refractivity contribution in [1.29, 1.82) is 0 Å². The number of phenolic OH excluding ortho intramolecular Hbond substituents is 1. The van der Waals surface area contributed by atoms with E-state index in [0.29, 0.717) is 5.39 Å². The monoisotopic (exact) mass is 299 g/mol. The van der Waals surface area contributed by atoms with E-state index in [0.717, 1.165) is 23.6 Å². The van der Waals surface area contributed by atoms with Crippen LogP contribution in [-0.2, 0) is 0 Å². The molecule has 0 aliphatic rings. The normalized spacial score (nSPS) is 10.6. The first-order valence-corrected chi connectivity index (χ1v) is 6.53. The van der Waals surface area contributed by atoms with Crippen LogP contribution in [0.1, 0.15) is 10.4 Å². The Bertz CT molecular complexity index is 878. The van der Waals surface area contributed by atoms with E-state index in [2.05, 4.69) is 5.32 Å². The fourth-order valence-electron chi connectivity index (χ4n) is 2.22. The highest BCUT2D eigenvalue weighted by Gasteiger charge is 2.15. The summed E-state index contributed by atoms with van der Waals surface area (Å²) in [6.07, 6.45) is 0. The Morgan fingerprint density at radius 2 is 1.77 bits per heavy atom. The van der Waals surface area contributed by atoms with Crippen LogP contribution in [0, 0.1) is 11.6 Å². The maximum Gasteiger partial charge on any atom is 0.259 e. The van der Waals surface area contributed by atoms with Gasteiger partial charge >= 0.3 is 0 Å². The van der Waals surface area contributed by atoms with Crippen molar-refractivity contribution in [3.8, 4) is 5.75 Å². The summed E-state index contributed by atoms with van der Waals surface area (Å²) in [6, 6.07) is 12.9. The lowest BCUT2D eigenvalue weighted by Gasteiger charge is -2.09. The maximum absolute atomic E-state index is 13.6. The predicted molar refractivity (Wildman–Crippen MR) is 79.9 cm³/mol. The summed E-state index contributed by atoms with van der Waals surface area (Å²) in [5, 5.41) is 13.7. The zero-order valence-electron chi connectivity index (χ0n) is 11.3. The van der Waals surface area contributed by atoms with E-state index in [1.807, 2.05) is 6.07 Å². The van der Waals surface area contributed by atoms with Gasteiger partial charge in [0.05, 0.1) is 11.3 Å². The predicted octanol–water partition coefficient (Wildman–Crippen LogP) is 4.08. The molecule has 0 spiro atoms. The van der Waals surface area contributed by atoms with Crippen LogP contribution in [0.2, 0.25) is 0 Å². The molecule has 0 aliphatic carbocycles. The van der Waals surface area contributed by atoms with Crippen molar-refractivity contribution in [3.63, 3.8) is 0 Å². The third kappa shape index (κ3) is 2.48. The van der Waals surface area contributed by atoms with Crippen LogP contribution in [0.5, 0.6) is 5.75 Å². The number of aromatic hydroxyl groups is 1. The highest BCUT2D eigenvalue weighted by Crippen LogP contribution is 2.29. The van der Waals surface area contributed by atoms with Crippen molar-refractivity contribution >= 4 is 22.4 Å². The Labute approximate surface area is 124 Å². The van der Waals surface area contributed by atoms with Gasteiger partial charge < -0.3 is 10.4 Å². The molecule has 0 bridgehead atoms. The minimum absolute atomic E-state index is 0.0117. The molecule has 110 valence electrons. The highest BCUT2D eigenvalue weighted by molar-refractivity contribution is 6.09. The largest absolute Gasteiger partial charge is 0.506 e. The van der Waals surface area contributed by atoms with E-state index in [1.165, 1.54) is 6.07 Å². The first-order chi connectivity index (χ1) is 10.6. The number of halogens is 2. The first kappa shape index (κ1) is 14.0. The molecule has 3 rings (SSSR count). The zero-order chi connectivity index (χ0) is 15.7. The number of carbonyl (C=O) groups excluding carboxylic acids is 1. The fraction of sp³-hybridized carbons (Fsp3) is 0. The Morgan fingerprint density at radius 1 is 1.00 bits per heavy atom. The van der Waals surface area contributed by atoms with Gasteiger partial charge in [0.2, 0.25) is 0 Å². The van der Waals surface area contributed by atoms with E-state index in [-0.39, 0.29) is 17.0 Å². The van der Waals surface area contributed by atoms with Crippen LogP contribution in [-0.4, -0.2) is 11.0 Å². The molecule has 3 nitrogen and oxygen atoms in total. The first-order valence-electron chi connectivity index (χ1n) is 6.53. The highest BCUT2D eigenvalue weighted by atomic mass is 19.1. The van der Waals surface area contributed by atoms with Crippen molar-refractivity contribution < 1.29 is 18.7 Å². The van der Waals surface area contributed by atoms with Gasteiger partial charge in [-0.05, 0) is 23.6 Å². The summed E-state index contributed by atoms with van der Waals surface area (Å²) < 4.78 is 26.7. The van der Waals surface area contributed by atoms with Gasteiger partial charge in [-0.15, -0.1) is 0 Å². The summed E-state index contributed by atoms with van der Waals surface area (Å²) >= 11 is 0. The number of anilines is 1. The topological polar surface area (TPSA) is 49.3 Å². The van der Waals surface area contributed by atoms with Gasteiger partial charge in [0.15, 0.2) is 0 Å². The Morgan fingerprint density at radius 3 is 2.59 bits per heavy atom. The molecule has 0 saturated heterocycles. The van der Waals surface area contributed by atoms with Crippen molar-refractivity contribution in [2.45, 2.75) is 0 Å². The summed E-state index contributed by atoms with van der Waals surface area (Å²) in [7, 11) is 0. The number of nitrogens with one attached hydrogen (secondary N) is 1. The van der Waals surface area contributed by atoms with Gasteiger partial charge in [0.1, 0.15) is 17.4 Å². The molecular weight excluding hydrogens is 288 g/mol. The number of hydrogen-bond acceptors (Lipinski definition) is 2. The molecule has 22 heavy (non-hydrogen) atoms. The van der Waals surface area contributed by atoms with Gasteiger partial charge in [-0.1, -0.05) is 30.3 Å². The van der Waals surface area contributed by atoms with Crippen molar-refractivity contribution in [2.75, 3.05) is 5.32 Å². The molecule has 0 radical (unpaired) electrons. The maximum atomic E-state index is 13.6. The molecule has 0 atom stereocenters. The summed E-state index contributed by atoms with van der Waals surface area (Å²) in [5.41, 5.74) is -0.292. The van der Waals surface area contributed by atoms with Crippen LogP contribution in [0.4, 0.5) is 14.5 Å². The van der Waals surface area contributed by atoms with Gasteiger partial charge in [-0.2, -0.15) is 0 Å². The lowest BCUT2D eigenvalue weighted by atomic mass is 10.0. The number of fused-ring (bicyclic) bond motifs is 1. The van der Waals surface area contributed by atoms with E-state index in [1.54, 1.807) is 24.3 Å². The molecule has 1 amide bonds. The quantitative estimate of drug-likeness (QED) is 0.749. The Kier molecular flexibility index (Phi) is 3.47. The SMILES string of the molecule is O=C(Nc1cc(F)ccc1F)c1ccc2ccccc2c1O. The molecule has 0 unspecified atom stereocenters. The third-order valence-electron chi connectivity index (χ3n) is 3.32. The van der Waals surface area contributed by atoms with E-state index >= 15 is 0 Å². The van der Waals surface area contributed by atoms with Gasteiger partial charge in [-0.3, -0.25) is 4.79 Å². The number of hydrogen-bond donors (Lipinski definition) is 2. The Balaban J connectivity index is 1.99. The molecule has 0 aliphatic heterocycles. The van der Waals surface area contributed by atoms with Gasteiger partial charge in [0.25, 0.3) is 5.91 Å². The smallest absolute Gasteiger partial charge is 0.259 e. The summed E-state index contributed by atoms with van der Waals surface area (Å²) in [5.74, 6) is -2.34. The third-order valence-corrected chi connectivity index (χ3v) is 3.32.